The van der Waals surface area contributed by atoms with Crippen LogP contribution in [0.5, 0.6) is 5.88 Å². The van der Waals surface area contributed by atoms with Crippen LogP contribution >= 0.6 is 15.9 Å². The molecule has 1 aromatic carbocycles. The molecule has 3 rings (SSSR count). The van der Waals surface area contributed by atoms with Crippen molar-refractivity contribution in [3.63, 3.8) is 0 Å². The molecule has 1 amide bonds. The third-order valence-electron chi connectivity index (χ3n) is 4.09. The van der Waals surface area contributed by atoms with E-state index in [-0.39, 0.29) is 18.2 Å². The summed E-state index contributed by atoms with van der Waals surface area (Å²) in [7, 11) is -4.88. The van der Waals surface area contributed by atoms with Crippen LogP contribution in [0.1, 0.15) is 16.8 Å². The van der Waals surface area contributed by atoms with Crippen LogP contribution in [-0.2, 0) is 9.84 Å². The Morgan fingerprint density at radius 1 is 1.26 bits per heavy atom. The fraction of sp³-hybridized carbons (Fsp3) is 0.294. The Balaban J connectivity index is 1.78. The van der Waals surface area contributed by atoms with E-state index in [1.807, 2.05) is 0 Å². The average Bonchev–Trinajstić information content (AvgIpc) is 3.11. The van der Waals surface area contributed by atoms with E-state index in [0.29, 0.717) is 23.3 Å². The highest BCUT2D eigenvalue weighted by atomic mass is 79.9. The maximum atomic E-state index is 12.9. The SMILES string of the molecule is O=C(c1ccccc1S(=O)(=O)C(F)F)N1CCC(Oc2ncccc2Br)C1. The van der Waals surface area contributed by atoms with Gasteiger partial charge in [0.05, 0.1) is 21.5 Å². The zero-order valence-electron chi connectivity index (χ0n) is 13.9. The molecule has 2 heterocycles. The number of nitrogens with zero attached hydrogens (tertiary/aromatic N) is 2. The van der Waals surface area contributed by atoms with Gasteiger partial charge < -0.3 is 9.64 Å². The van der Waals surface area contributed by atoms with Crippen molar-refractivity contribution in [3.8, 4) is 5.88 Å². The highest BCUT2D eigenvalue weighted by Gasteiger charge is 2.34. The standard InChI is InChI=1S/C17H15BrF2N2O4S/c18-13-5-3-8-21-15(13)26-11-7-9-22(10-11)16(23)12-4-1-2-6-14(12)27(24,25)17(19)20/h1-6,8,11,17H,7,9-10H2. The van der Waals surface area contributed by atoms with E-state index in [9.17, 15) is 22.0 Å². The summed E-state index contributed by atoms with van der Waals surface area (Å²) in [6, 6.07) is 8.51. The number of hydrogen-bond acceptors (Lipinski definition) is 5. The summed E-state index contributed by atoms with van der Waals surface area (Å²) in [5, 5.41) is 0. The van der Waals surface area contributed by atoms with Crippen LogP contribution in [0.3, 0.4) is 0 Å². The number of halogens is 3. The second kappa shape index (κ2) is 7.89. The van der Waals surface area contributed by atoms with E-state index in [0.717, 1.165) is 6.07 Å². The van der Waals surface area contributed by atoms with Gasteiger partial charge in [-0.25, -0.2) is 13.4 Å². The van der Waals surface area contributed by atoms with E-state index in [1.165, 1.54) is 23.1 Å². The molecule has 10 heteroatoms. The number of carbonyl (C=O) groups is 1. The van der Waals surface area contributed by atoms with Crippen molar-refractivity contribution in [3.05, 3.63) is 52.6 Å². The predicted octanol–water partition coefficient (Wildman–Crippen LogP) is 3.13. The highest BCUT2D eigenvalue weighted by Crippen LogP contribution is 2.27. The Morgan fingerprint density at radius 2 is 2.00 bits per heavy atom. The average molecular weight is 461 g/mol. The lowest BCUT2D eigenvalue weighted by atomic mass is 10.2. The molecule has 1 unspecified atom stereocenters. The zero-order valence-corrected chi connectivity index (χ0v) is 16.3. The number of likely N-dealkylation sites (tertiary alicyclic amines) is 1. The van der Waals surface area contributed by atoms with E-state index >= 15 is 0 Å². The van der Waals surface area contributed by atoms with Gasteiger partial charge in [-0.05, 0) is 40.2 Å². The molecule has 1 fully saturated rings. The Bertz CT molecular complexity index is 955. The van der Waals surface area contributed by atoms with Crippen LogP contribution in [0, 0.1) is 0 Å². The van der Waals surface area contributed by atoms with E-state index in [2.05, 4.69) is 20.9 Å². The maximum absolute atomic E-state index is 12.9. The van der Waals surface area contributed by atoms with Gasteiger partial charge in [0.1, 0.15) is 6.10 Å². The second-order valence-corrected chi connectivity index (χ2v) is 8.61. The van der Waals surface area contributed by atoms with Gasteiger partial charge in [-0.15, -0.1) is 0 Å². The number of pyridine rings is 1. The first-order valence-electron chi connectivity index (χ1n) is 7.98. The van der Waals surface area contributed by atoms with Crippen molar-refractivity contribution in [2.45, 2.75) is 23.2 Å². The molecule has 1 atom stereocenters. The maximum Gasteiger partial charge on any atom is 0.341 e. The summed E-state index contributed by atoms with van der Waals surface area (Å²) < 4.78 is 56.0. The molecular formula is C17H15BrF2N2O4S. The molecule has 27 heavy (non-hydrogen) atoms. The van der Waals surface area contributed by atoms with Crippen molar-refractivity contribution >= 4 is 31.7 Å². The number of alkyl halides is 2. The number of aromatic nitrogens is 1. The summed E-state index contributed by atoms with van der Waals surface area (Å²) >= 11 is 3.32. The van der Waals surface area contributed by atoms with Crippen molar-refractivity contribution in [2.75, 3.05) is 13.1 Å². The number of benzene rings is 1. The minimum absolute atomic E-state index is 0.199. The van der Waals surface area contributed by atoms with Gasteiger partial charge in [0, 0.05) is 19.2 Å². The minimum Gasteiger partial charge on any atom is -0.472 e. The normalized spacial score (nSPS) is 17.3. The molecule has 1 aliphatic rings. The van der Waals surface area contributed by atoms with Crippen LogP contribution in [0.25, 0.3) is 0 Å². The Morgan fingerprint density at radius 3 is 2.70 bits per heavy atom. The monoisotopic (exact) mass is 460 g/mol. The van der Waals surface area contributed by atoms with Crippen LogP contribution in [0.4, 0.5) is 8.78 Å². The van der Waals surface area contributed by atoms with Gasteiger partial charge in [0.2, 0.25) is 15.7 Å². The lowest BCUT2D eigenvalue weighted by Crippen LogP contribution is -2.32. The molecule has 0 spiro atoms. The molecule has 1 aliphatic heterocycles. The number of amides is 1. The molecule has 2 aromatic rings. The topological polar surface area (TPSA) is 76.6 Å². The fourth-order valence-electron chi connectivity index (χ4n) is 2.78. The van der Waals surface area contributed by atoms with Crippen LogP contribution in [-0.4, -0.2) is 49.2 Å². The first-order valence-corrected chi connectivity index (χ1v) is 10.3. The number of hydrogen-bond donors (Lipinski definition) is 0. The van der Waals surface area contributed by atoms with Gasteiger partial charge in [-0.1, -0.05) is 12.1 Å². The number of ether oxygens (including phenoxy) is 1. The molecule has 144 valence electrons. The third-order valence-corrected chi connectivity index (χ3v) is 6.14. The highest BCUT2D eigenvalue weighted by molar-refractivity contribution is 9.10. The molecule has 0 bridgehead atoms. The quantitative estimate of drug-likeness (QED) is 0.684. The van der Waals surface area contributed by atoms with Crippen LogP contribution < -0.4 is 4.74 Å². The molecule has 1 aromatic heterocycles. The fourth-order valence-corrected chi connectivity index (χ4v) is 4.05. The summed E-state index contributed by atoms with van der Waals surface area (Å²) in [5.74, 6) is -3.83. The van der Waals surface area contributed by atoms with Gasteiger partial charge in [0.15, 0.2) is 0 Å². The van der Waals surface area contributed by atoms with E-state index in [4.69, 9.17) is 4.74 Å². The summed E-state index contributed by atoms with van der Waals surface area (Å²) in [6.07, 6.45) is 1.75. The molecule has 0 N–H and O–H groups in total. The van der Waals surface area contributed by atoms with Crippen molar-refractivity contribution < 1.29 is 26.7 Å². The van der Waals surface area contributed by atoms with Crippen molar-refractivity contribution in [1.82, 2.24) is 9.88 Å². The Hall–Kier alpha value is -2.07. The smallest absolute Gasteiger partial charge is 0.341 e. The molecule has 6 nitrogen and oxygen atoms in total. The van der Waals surface area contributed by atoms with Crippen LogP contribution in [0.2, 0.25) is 0 Å². The second-order valence-electron chi connectivity index (χ2n) is 5.87. The van der Waals surface area contributed by atoms with Gasteiger partial charge in [0.25, 0.3) is 5.91 Å². The lowest BCUT2D eigenvalue weighted by Gasteiger charge is -2.19. The number of rotatable bonds is 5. The van der Waals surface area contributed by atoms with Crippen LogP contribution in [0.15, 0.2) is 52.0 Å². The summed E-state index contributed by atoms with van der Waals surface area (Å²) in [6.45, 7) is 0.516. The van der Waals surface area contributed by atoms with E-state index < -0.39 is 26.4 Å². The summed E-state index contributed by atoms with van der Waals surface area (Å²) in [4.78, 5) is 17.6. The largest absolute Gasteiger partial charge is 0.472 e. The molecule has 0 radical (unpaired) electrons. The van der Waals surface area contributed by atoms with Crippen molar-refractivity contribution in [2.24, 2.45) is 0 Å². The minimum atomic E-state index is -4.88. The number of sulfone groups is 1. The molecule has 0 aliphatic carbocycles. The van der Waals surface area contributed by atoms with Gasteiger partial charge in [-0.3, -0.25) is 4.79 Å². The van der Waals surface area contributed by atoms with Gasteiger partial charge >= 0.3 is 5.76 Å². The molecule has 0 saturated carbocycles. The predicted molar refractivity (Wildman–Crippen MR) is 96.5 cm³/mol. The first kappa shape index (κ1) is 19.7. The van der Waals surface area contributed by atoms with E-state index in [1.54, 1.807) is 18.3 Å². The lowest BCUT2D eigenvalue weighted by molar-refractivity contribution is 0.0767. The molecular weight excluding hydrogens is 446 g/mol. The zero-order chi connectivity index (χ0) is 19.6. The third kappa shape index (κ3) is 4.11. The first-order chi connectivity index (χ1) is 12.8. The molecule has 1 saturated heterocycles. The Kier molecular flexibility index (Phi) is 5.75. The van der Waals surface area contributed by atoms with Gasteiger partial charge in [-0.2, -0.15) is 8.78 Å². The summed E-state index contributed by atoms with van der Waals surface area (Å²) in [5.41, 5.74) is -0.266. The van der Waals surface area contributed by atoms with Crippen molar-refractivity contribution in [1.29, 1.82) is 0 Å². The Labute approximate surface area is 163 Å². The number of carbonyl (C=O) groups excluding carboxylic acids is 1.